The van der Waals surface area contributed by atoms with E-state index in [-0.39, 0.29) is 79.0 Å². The predicted molar refractivity (Wildman–Crippen MR) is 159 cm³/mol. The molecule has 216 valence electrons. The molecule has 43 heavy (non-hydrogen) atoms. The first-order chi connectivity index (χ1) is 20.7. The fourth-order valence-corrected chi connectivity index (χ4v) is 6.19. The number of rotatable bonds is 6. The monoisotopic (exact) mass is 636 g/mol. The quantitative estimate of drug-likeness (QED) is 0.0646. The fraction of sp³-hybridized carbons (Fsp3) is 0.133. The lowest BCUT2D eigenvalue weighted by atomic mass is 9.76. The summed E-state index contributed by atoms with van der Waals surface area (Å²) in [5, 5.41) is 27.3. The van der Waals surface area contributed by atoms with Gasteiger partial charge in [0.25, 0.3) is 5.91 Å². The number of nitrogens with zero attached hydrogens (tertiary/aromatic N) is 3. The van der Waals surface area contributed by atoms with E-state index in [1.807, 2.05) is 6.07 Å². The first kappa shape index (κ1) is 28.5. The van der Waals surface area contributed by atoms with Gasteiger partial charge in [-0.15, -0.1) is 0 Å². The van der Waals surface area contributed by atoms with E-state index in [1.54, 1.807) is 30.3 Å². The average Bonchev–Trinajstić information content (AvgIpc) is 3.30. The molecule has 2 aliphatic heterocycles. The third kappa shape index (κ3) is 4.56. The number of carbonyl (C=O) groups is 2. The lowest BCUT2D eigenvalue weighted by Gasteiger charge is -2.37. The Morgan fingerprint density at radius 3 is 2.40 bits per heavy atom. The van der Waals surface area contributed by atoms with Gasteiger partial charge in [0.1, 0.15) is 23.0 Å². The van der Waals surface area contributed by atoms with Crippen LogP contribution in [0.2, 0.25) is 15.1 Å². The molecule has 10 nitrogen and oxygen atoms in total. The molecule has 2 heterocycles. The van der Waals surface area contributed by atoms with Gasteiger partial charge in [-0.3, -0.25) is 4.79 Å². The van der Waals surface area contributed by atoms with Crippen LogP contribution in [0, 0.1) is 0 Å². The van der Waals surface area contributed by atoms with E-state index in [9.17, 15) is 19.8 Å². The van der Waals surface area contributed by atoms with Gasteiger partial charge >= 0.3 is 5.97 Å². The number of azide groups is 1. The number of esters is 1. The van der Waals surface area contributed by atoms with Crippen molar-refractivity contribution in [3.8, 4) is 34.1 Å². The Morgan fingerprint density at radius 1 is 0.977 bits per heavy atom. The number of aromatic hydroxyl groups is 2. The lowest BCUT2D eigenvalue weighted by molar-refractivity contribution is 0.0224. The lowest BCUT2D eigenvalue weighted by Crippen LogP contribution is -2.34. The van der Waals surface area contributed by atoms with Crippen molar-refractivity contribution < 1.29 is 29.3 Å². The van der Waals surface area contributed by atoms with Crippen LogP contribution in [0.4, 0.5) is 0 Å². The maximum Gasteiger partial charge on any atom is 0.341 e. The summed E-state index contributed by atoms with van der Waals surface area (Å²) in [5.41, 5.74) is 8.15. The number of phenols is 2. The first-order valence-electron chi connectivity index (χ1n) is 12.9. The zero-order valence-electron chi connectivity index (χ0n) is 21.9. The highest BCUT2D eigenvalue weighted by atomic mass is 35.5. The molecule has 4 aromatic rings. The van der Waals surface area contributed by atoms with E-state index >= 15 is 0 Å². The Balaban J connectivity index is 1.62. The Bertz CT molecular complexity index is 1900. The zero-order valence-corrected chi connectivity index (χ0v) is 24.2. The normalized spacial score (nSPS) is 15.9. The number of carbonyl (C=O) groups excluding carboxylic acids is 2. The molecule has 0 aliphatic carbocycles. The largest absolute Gasteiger partial charge is 0.507 e. The van der Waals surface area contributed by atoms with Crippen molar-refractivity contribution in [3.63, 3.8) is 0 Å². The number of hydrogen-bond donors (Lipinski definition) is 3. The van der Waals surface area contributed by atoms with Gasteiger partial charge < -0.3 is 25.0 Å². The topological polar surface area (TPSA) is 154 Å². The molecule has 6 rings (SSSR count). The second-order valence-corrected chi connectivity index (χ2v) is 10.9. The predicted octanol–water partition coefficient (Wildman–Crippen LogP) is 7.72. The molecule has 4 aromatic carbocycles. The number of amides is 1. The van der Waals surface area contributed by atoms with Gasteiger partial charge in [0.05, 0.1) is 26.2 Å². The summed E-state index contributed by atoms with van der Waals surface area (Å²) in [4.78, 5) is 29.5. The Labute approximate surface area is 259 Å². The standard InChI is InChI=1S/C30H19Cl3N4O6/c31-19-11-18-24(13-22(19)39)42-23-12-21(38)15(14-5-2-1-3-6-14)9-17(23)30(18)26-25(29(41)43-30)20(32)10-16(27(26)33)28(40)35-7-4-8-36-37-34/h1-3,5-6,9-13,38-39H,4,7-8H2,(H,35,40). The molecule has 0 saturated carbocycles. The van der Waals surface area contributed by atoms with Crippen LogP contribution in [0.25, 0.3) is 21.6 Å². The number of phenolic OH excluding ortho intramolecular Hbond substituents is 2. The second-order valence-electron chi connectivity index (χ2n) is 9.74. The van der Waals surface area contributed by atoms with E-state index in [4.69, 9.17) is 49.8 Å². The van der Waals surface area contributed by atoms with Crippen molar-refractivity contribution in [1.82, 2.24) is 5.32 Å². The second kappa shape index (κ2) is 10.9. The van der Waals surface area contributed by atoms with Crippen molar-refractivity contribution >= 4 is 46.7 Å². The van der Waals surface area contributed by atoms with Crippen molar-refractivity contribution in [1.29, 1.82) is 0 Å². The molecule has 13 heteroatoms. The van der Waals surface area contributed by atoms with Gasteiger partial charge in [-0.1, -0.05) is 70.2 Å². The van der Waals surface area contributed by atoms with Crippen LogP contribution in [0.1, 0.15) is 43.8 Å². The molecule has 0 aromatic heterocycles. The molecular formula is C30H19Cl3N4O6. The molecule has 1 amide bonds. The third-order valence-electron chi connectivity index (χ3n) is 7.26. The summed E-state index contributed by atoms with van der Waals surface area (Å²) < 4.78 is 12.3. The highest BCUT2D eigenvalue weighted by molar-refractivity contribution is 6.39. The van der Waals surface area contributed by atoms with Gasteiger partial charge in [-0.2, -0.15) is 0 Å². The summed E-state index contributed by atoms with van der Waals surface area (Å²) >= 11 is 20.0. The van der Waals surface area contributed by atoms with Gasteiger partial charge in [0, 0.05) is 52.4 Å². The van der Waals surface area contributed by atoms with E-state index in [1.165, 1.54) is 24.3 Å². The summed E-state index contributed by atoms with van der Waals surface area (Å²) in [6, 6.07) is 15.9. The van der Waals surface area contributed by atoms with Crippen molar-refractivity contribution in [2.45, 2.75) is 12.0 Å². The summed E-state index contributed by atoms with van der Waals surface area (Å²) in [5.74, 6) is -1.65. The Kier molecular flexibility index (Phi) is 7.23. The van der Waals surface area contributed by atoms with Crippen molar-refractivity contribution in [2.24, 2.45) is 5.11 Å². The molecule has 3 N–H and O–H groups in total. The minimum absolute atomic E-state index is 0.0339. The Morgan fingerprint density at radius 2 is 1.67 bits per heavy atom. The zero-order chi connectivity index (χ0) is 30.5. The van der Waals surface area contributed by atoms with E-state index in [0.717, 1.165) is 0 Å². The number of nitrogens with one attached hydrogen (secondary N) is 1. The molecule has 1 unspecified atom stereocenters. The van der Waals surface area contributed by atoms with E-state index in [0.29, 0.717) is 17.5 Å². The van der Waals surface area contributed by atoms with Crippen LogP contribution in [-0.2, 0) is 10.3 Å². The van der Waals surface area contributed by atoms with Crippen LogP contribution < -0.4 is 10.1 Å². The van der Waals surface area contributed by atoms with Gasteiger partial charge in [0.2, 0.25) is 0 Å². The molecular weight excluding hydrogens is 619 g/mol. The van der Waals surface area contributed by atoms with Gasteiger partial charge in [-0.05, 0) is 35.7 Å². The summed E-state index contributed by atoms with van der Waals surface area (Å²) in [7, 11) is 0. The summed E-state index contributed by atoms with van der Waals surface area (Å²) in [6.07, 6.45) is 0.378. The van der Waals surface area contributed by atoms with Crippen LogP contribution >= 0.6 is 34.8 Å². The van der Waals surface area contributed by atoms with Crippen LogP contribution in [0.15, 0.2) is 65.8 Å². The number of benzene rings is 4. The number of halogens is 3. The van der Waals surface area contributed by atoms with E-state index < -0.39 is 17.5 Å². The maximum absolute atomic E-state index is 13.6. The minimum atomic E-state index is -1.84. The molecule has 2 aliphatic rings. The van der Waals surface area contributed by atoms with E-state index in [2.05, 4.69) is 15.3 Å². The number of ether oxygens (including phenoxy) is 2. The van der Waals surface area contributed by atoms with Crippen molar-refractivity contribution in [2.75, 3.05) is 13.1 Å². The third-order valence-corrected chi connectivity index (χ3v) is 8.25. The molecule has 1 atom stereocenters. The molecule has 1 spiro atoms. The van der Waals surface area contributed by atoms with Crippen LogP contribution in [0.5, 0.6) is 23.0 Å². The molecule has 0 saturated heterocycles. The first-order valence-corrected chi connectivity index (χ1v) is 14.0. The van der Waals surface area contributed by atoms with Crippen molar-refractivity contribution in [3.05, 3.63) is 114 Å². The van der Waals surface area contributed by atoms with Gasteiger partial charge in [0.15, 0.2) is 5.60 Å². The molecule has 0 bridgehead atoms. The molecule has 0 fully saturated rings. The van der Waals surface area contributed by atoms with Gasteiger partial charge in [-0.25, -0.2) is 4.79 Å². The minimum Gasteiger partial charge on any atom is -0.507 e. The smallest absolute Gasteiger partial charge is 0.341 e. The average molecular weight is 638 g/mol. The number of hydrogen-bond acceptors (Lipinski definition) is 7. The van der Waals surface area contributed by atoms with Crippen LogP contribution in [0.3, 0.4) is 0 Å². The summed E-state index contributed by atoms with van der Waals surface area (Å²) in [6.45, 7) is 0.357. The molecule has 0 radical (unpaired) electrons. The SMILES string of the molecule is [N-]=[N+]=NCCCNC(=O)c1cc(Cl)c2c(c1Cl)C1(OC2=O)c2cc(Cl)c(O)cc2Oc2cc(O)c(-c3ccccc3)cc21. The highest BCUT2D eigenvalue weighted by Crippen LogP contribution is 2.61. The number of fused-ring (bicyclic) bond motifs is 6. The van der Waals surface area contributed by atoms with Crippen LogP contribution in [-0.4, -0.2) is 35.2 Å². The highest BCUT2D eigenvalue weighted by Gasteiger charge is 2.56. The fourth-order valence-electron chi connectivity index (χ4n) is 5.38. The Hall–Kier alpha value is -4.60. The maximum atomic E-state index is 13.6.